The van der Waals surface area contributed by atoms with Crippen molar-refractivity contribution in [2.24, 2.45) is 0 Å². The van der Waals surface area contributed by atoms with Crippen LogP contribution in [0.1, 0.15) is 52.0 Å². The number of carbonyl (C=O) groups excluding carboxylic acids is 1. The van der Waals surface area contributed by atoms with E-state index in [2.05, 4.69) is 98.2 Å². The number of hydrogen-bond acceptors (Lipinski definition) is 6. The highest BCUT2D eigenvalue weighted by atomic mass is 16.6. The minimum Gasteiger partial charge on any atom is -0.494 e. The van der Waals surface area contributed by atoms with Gasteiger partial charge in [-0.25, -0.2) is 4.79 Å². The number of rotatable bonds is 7. The predicted octanol–water partition coefficient (Wildman–Crippen LogP) is 9.20. The Morgan fingerprint density at radius 2 is 1.36 bits per heavy atom. The molecule has 0 aromatic heterocycles. The maximum absolute atomic E-state index is 13.6. The SMILES string of the molecule is CCN(CC)c1ccc2c(c1)Oc1cc(OC)c(N(c3cccc(C)c3)c3cccc(C)c3)cc1C21OC(=O)c2ccccc21. The number of anilines is 4. The van der Waals surface area contributed by atoms with Crippen molar-refractivity contribution in [3.63, 3.8) is 0 Å². The van der Waals surface area contributed by atoms with Crippen molar-refractivity contribution in [1.29, 1.82) is 0 Å². The molecule has 1 atom stereocenters. The maximum atomic E-state index is 13.6. The summed E-state index contributed by atoms with van der Waals surface area (Å²) in [6.07, 6.45) is 0. The fourth-order valence-corrected chi connectivity index (χ4v) is 6.76. The van der Waals surface area contributed by atoms with Crippen LogP contribution in [0.25, 0.3) is 0 Å². The Kier molecular flexibility index (Phi) is 7.00. The number of ether oxygens (including phenoxy) is 3. The van der Waals surface area contributed by atoms with Crippen LogP contribution in [0, 0.1) is 13.8 Å². The summed E-state index contributed by atoms with van der Waals surface area (Å²) in [4.78, 5) is 18.0. The highest BCUT2D eigenvalue weighted by Gasteiger charge is 2.54. The van der Waals surface area contributed by atoms with Crippen LogP contribution in [0.5, 0.6) is 17.2 Å². The van der Waals surface area contributed by atoms with Gasteiger partial charge in [0.15, 0.2) is 5.60 Å². The second-order valence-electron chi connectivity index (χ2n) is 11.6. The van der Waals surface area contributed by atoms with Crippen LogP contribution in [0.4, 0.5) is 22.7 Å². The third-order valence-electron chi connectivity index (χ3n) is 8.89. The molecule has 6 heteroatoms. The van der Waals surface area contributed by atoms with Gasteiger partial charge >= 0.3 is 5.97 Å². The summed E-state index contributed by atoms with van der Waals surface area (Å²) in [5, 5.41) is 0. The second kappa shape index (κ2) is 11.0. The van der Waals surface area contributed by atoms with E-state index in [1.807, 2.05) is 42.5 Å². The lowest BCUT2D eigenvalue weighted by molar-refractivity contribution is 0.0224. The monoisotopic (exact) mass is 596 g/mol. The van der Waals surface area contributed by atoms with Gasteiger partial charge in [0.2, 0.25) is 0 Å². The number of carbonyl (C=O) groups is 1. The lowest BCUT2D eigenvalue weighted by Crippen LogP contribution is -2.33. The molecule has 0 saturated carbocycles. The van der Waals surface area contributed by atoms with Crippen molar-refractivity contribution in [3.8, 4) is 17.2 Å². The molecule has 6 nitrogen and oxygen atoms in total. The van der Waals surface area contributed by atoms with Crippen LogP contribution >= 0.6 is 0 Å². The van der Waals surface area contributed by atoms with Crippen LogP contribution in [0.3, 0.4) is 0 Å². The van der Waals surface area contributed by atoms with E-state index in [9.17, 15) is 4.79 Å². The molecule has 0 aliphatic carbocycles. The molecule has 0 saturated heterocycles. The van der Waals surface area contributed by atoms with E-state index >= 15 is 0 Å². The molecule has 0 N–H and O–H groups in total. The first-order valence-electron chi connectivity index (χ1n) is 15.4. The quantitative estimate of drug-likeness (QED) is 0.175. The molecule has 226 valence electrons. The predicted molar refractivity (Wildman–Crippen MR) is 179 cm³/mol. The first kappa shape index (κ1) is 28.5. The fraction of sp³-hybridized carbons (Fsp3) is 0.205. The van der Waals surface area contributed by atoms with Crippen molar-refractivity contribution < 1.29 is 19.0 Å². The molecule has 0 fully saturated rings. The first-order valence-corrected chi connectivity index (χ1v) is 15.4. The zero-order valence-electron chi connectivity index (χ0n) is 26.3. The zero-order valence-corrected chi connectivity index (χ0v) is 26.3. The van der Waals surface area contributed by atoms with E-state index in [-0.39, 0.29) is 5.97 Å². The number of esters is 1. The number of hydrogen-bond donors (Lipinski definition) is 0. The van der Waals surface area contributed by atoms with Gasteiger partial charge in [-0.05, 0) is 87.4 Å². The van der Waals surface area contributed by atoms with Gasteiger partial charge in [0.05, 0.1) is 18.4 Å². The largest absolute Gasteiger partial charge is 0.494 e. The van der Waals surface area contributed by atoms with Crippen LogP contribution in [-0.4, -0.2) is 26.2 Å². The second-order valence-corrected chi connectivity index (χ2v) is 11.6. The minimum absolute atomic E-state index is 0.358. The zero-order chi connectivity index (χ0) is 31.3. The van der Waals surface area contributed by atoms with Crippen molar-refractivity contribution >= 4 is 28.7 Å². The topological polar surface area (TPSA) is 51.2 Å². The van der Waals surface area contributed by atoms with E-state index in [0.717, 1.165) is 63.7 Å². The van der Waals surface area contributed by atoms with Gasteiger partial charge in [-0.15, -0.1) is 0 Å². The summed E-state index contributed by atoms with van der Waals surface area (Å²) in [6, 6.07) is 34.6. The number of fused-ring (bicyclic) bond motifs is 6. The Labute approximate surface area is 264 Å². The number of methoxy groups -OCH3 is 1. The van der Waals surface area contributed by atoms with E-state index in [4.69, 9.17) is 14.2 Å². The van der Waals surface area contributed by atoms with Crippen LogP contribution in [0.2, 0.25) is 0 Å². The molecule has 0 amide bonds. The Bertz CT molecular complexity index is 1900. The molecule has 2 aliphatic rings. The molecule has 2 heterocycles. The van der Waals surface area contributed by atoms with Gasteiger partial charge in [-0.1, -0.05) is 42.5 Å². The molecule has 5 aromatic carbocycles. The molecule has 7 rings (SSSR count). The lowest BCUT2D eigenvalue weighted by Gasteiger charge is -2.38. The Hall–Kier alpha value is -5.23. The third-order valence-corrected chi connectivity index (χ3v) is 8.89. The number of benzene rings is 5. The molecule has 1 spiro atoms. The van der Waals surface area contributed by atoms with Gasteiger partial charge in [-0.2, -0.15) is 0 Å². The maximum Gasteiger partial charge on any atom is 0.340 e. The van der Waals surface area contributed by atoms with Crippen LogP contribution < -0.4 is 19.3 Å². The third kappa shape index (κ3) is 4.51. The Balaban J connectivity index is 1.52. The summed E-state index contributed by atoms with van der Waals surface area (Å²) in [6.45, 7) is 10.2. The Morgan fingerprint density at radius 3 is 2.00 bits per heavy atom. The molecule has 5 aromatic rings. The van der Waals surface area contributed by atoms with Crippen molar-refractivity contribution in [3.05, 3.63) is 137 Å². The summed E-state index contributed by atoms with van der Waals surface area (Å²) in [5.74, 6) is 1.51. The fourth-order valence-electron chi connectivity index (χ4n) is 6.76. The highest BCUT2D eigenvalue weighted by molar-refractivity contribution is 5.97. The standard InChI is InChI=1S/C39H36N2O4/c1-6-40(7-2)27-18-19-32-35(22-27)44-36-24-37(43-5)34(23-33(36)39(32)31-17-9-8-16-30(31)38(42)45-39)41(28-14-10-12-25(3)20-28)29-15-11-13-26(4)21-29/h8-24H,6-7H2,1-5H3. The van der Waals surface area contributed by atoms with Gasteiger partial charge in [0.1, 0.15) is 17.2 Å². The smallest absolute Gasteiger partial charge is 0.340 e. The molecule has 45 heavy (non-hydrogen) atoms. The molecular weight excluding hydrogens is 560 g/mol. The van der Waals surface area contributed by atoms with Gasteiger partial charge in [0.25, 0.3) is 0 Å². The van der Waals surface area contributed by atoms with Crippen LogP contribution in [-0.2, 0) is 10.3 Å². The normalized spacial score (nSPS) is 15.9. The van der Waals surface area contributed by atoms with E-state index < -0.39 is 5.60 Å². The minimum atomic E-state index is -1.20. The van der Waals surface area contributed by atoms with E-state index in [1.54, 1.807) is 7.11 Å². The lowest BCUT2D eigenvalue weighted by atomic mass is 9.77. The van der Waals surface area contributed by atoms with E-state index in [0.29, 0.717) is 22.8 Å². The summed E-state index contributed by atoms with van der Waals surface area (Å²) in [7, 11) is 1.67. The van der Waals surface area contributed by atoms with E-state index in [1.165, 1.54) is 0 Å². The highest BCUT2D eigenvalue weighted by Crippen LogP contribution is 2.59. The summed E-state index contributed by atoms with van der Waals surface area (Å²) in [5.41, 5.74) is 7.77. The molecule has 0 radical (unpaired) electrons. The molecule has 0 bridgehead atoms. The molecule has 1 unspecified atom stereocenters. The van der Waals surface area contributed by atoms with Gasteiger partial charge in [0, 0.05) is 59.0 Å². The summed E-state index contributed by atoms with van der Waals surface area (Å²) >= 11 is 0. The number of nitrogens with zero attached hydrogens (tertiary/aromatic N) is 2. The summed E-state index contributed by atoms with van der Waals surface area (Å²) < 4.78 is 19.3. The van der Waals surface area contributed by atoms with Gasteiger partial charge < -0.3 is 24.0 Å². The van der Waals surface area contributed by atoms with Crippen LogP contribution in [0.15, 0.2) is 103 Å². The van der Waals surface area contributed by atoms with Gasteiger partial charge in [-0.3, -0.25) is 0 Å². The first-order chi connectivity index (χ1) is 21.9. The number of aryl methyl sites for hydroxylation is 2. The van der Waals surface area contributed by atoms with Crippen molar-refractivity contribution in [2.45, 2.75) is 33.3 Å². The average molecular weight is 597 g/mol. The Morgan fingerprint density at radius 1 is 0.689 bits per heavy atom. The average Bonchev–Trinajstić information content (AvgIpc) is 3.34. The van der Waals surface area contributed by atoms with Crippen molar-refractivity contribution in [1.82, 2.24) is 0 Å². The molecule has 2 aliphatic heterocycles. The van der Waals surface area contributed by atoms with Crippen molar-refractivity contribution in [2.75, 3.05) is 30.0 Å². The molecular formula is C39H36N2O4.